The van der Waals surface area contributed by atoms with Crippen LogP contribution in [0.3, 0.4) is 0 Å². The summed E-state index contributed by atoms with van der Waals surface area (Å²) < 4.78 is 38.2. The molecule has 1 aliphatic rings. The molecular formula is C18H19F3N6O. The van der Waals surface area contributed by atoms with Crippen molar-refractivity contribution in [1.82, 2.24) is 19.9 Å². The lowest BCUT2D eigenvalue weighted by atomic mass is 10.2. The first kappa shape index (κ1) is 19.6. The Morgan fingerprint density at radius 3 is 2.39 bits per heavy atom. The van der Waals surface area contributed by atoms with Gasteiger partial charge in [0.1, 0.15) is 5.82 Å². The van der Waals surface area contributed by atoms with Crippen LogP contribution in [-0.2, 0) is 11.0 Å². The number of hydrogen-bond donors (Lipinski definition) is 0. The van der Waals surface area contributed by atoms with E-state index in [9.17, 15) is 18.0 Å². The van der Waals surface area contributed by atoms with E-state index in [-0.39, 0.29) is 5.91 Å². The molecule has 10 heteroatoms. The van der Waals surface area contributed by atoms with E-state index in [4.69, 9.17) is 0 Å². The first-order valence-corrected chi connectivity index (χ1v) is 8.55. The molecule has 0 radical (unpaired) electrons. The van der Waals surface area contributed by atoms with Gasteiger partial charge in [-0.05, 0) is 18.2 Å². The van der Waals surface area contributed by atoms with Gasteiger partial charge in [0.05, 0.1) is 5.56 Å². The molecule has 3 rings (SSSR count). The zero-order valence-electron chi connectivity index (χ0n) is 15.2. The molecular weight excluding hydrogens is 373 g/mol. The minimum atomic E-state index is -4.44. The molecule has 28 heavy (non-hydrogen) atoms. The summed E-state index contributed by atoms with van der Waals surface area (Å²) in [6, 6.07) is 2.27. The van der Waals surface area contributed by atoms with Crippen LogP contribution in [0.25, 0.3) is 0 Å². The lowest BCUT2D eigenvalue weighted by molar-refractivity contribution is -0.137. The van der Waals surface area contributed by atoms with E-state index in [0.29, 0.717) is 43.6 Å². The number of aromatic nitrogens is 3. The van der Waals surface area contributed by atoms with E-state index in [1.54, 1.807) is 23.0 Å². The second-order valence-electron chi connectivity index (χ2n) is 6.18. The molecule has 0 bridgehead atoms. The molecule has 1 fully saturated rings. The van der Waals surface area contributed by atoms with Crippen LogP contribution in [0.4, 0.5) is 30.6 Å². The molecule has 0 unspecified atom stereocenters. The first-order chi connectivity index (χ1) is 13.3. The van der Waals surface area contributed by atoms with E-state index in [1.807, 2.05) is 4.90 Å². The number of hydrogen-bond acceptors (Lipinski definition) is 6. The Kier molecular flexibility index (Phi) is 5.48. The van der Waals surface area contributed by atoms with Gasteiger partial charge < -0.3 is 14.7 Å². The van der Waals surface area contributed by atoms with Gasteiger partial charge in [-0.3, -0.25) is 4.79 Å². The van der Waals surface area contributed by atoms with Crippen molar-refractivity contribution in [2.24, 2.45) is 0 Å². The molecule has 0 aliphatic carbocycles. The smallest absolute Gasteiger partial charge is 0.350 e. The molecule has 0 saturated carbocycles. The first-order valence-electron chi connectivity index (χ1n) is 8.55. The molecule has 0 aromatic carbocycles. The molecule has 0 N–H and O–H groups in total. The van der Waals surface area contributed by atoms with Gasteiger partial charge in [0.15, 0.2) is 11.6 Å². The molecule has 0 spiro atoms. The Balaban J connectivity index is 1.80. The quantitative estimate of drug-likeness (QED) is 0.745. The number of alkyl halides is 3. The van der Waals surface area contributed by atoms with E-state index < -0.39 is 11.7 Å². The van der Waals surface area contributed by atoms with Crippen LogP contribution in [0.2, 0.25) is 0 Å². The van der Waals surface area contributed by atoms with Crippen molar-refractivity contribution in [1.29, 1.82) is 0 Å². The summed E-state index contributed by atoms with van der Waals surface area (Å²) in [5.41, 5.74) is -0.813. The van der Waals surface area contributed by atoms with Gasteiger partial charge in [-0.2, -0.15) is 13.2 Å². The van der Waals surface area contributed by atoms with Crippen molar-refractivity contribution in [2.75, 3.05) is 43.0 Å². The van der Waals surface area contributed by atoms with Crippen LogP contribution in [0.5, 0.6) is 0 Å². The van der Waals surface area contributed by atoms with Crippen molar-refractivity contribution < 1.29 is 18.0 Å². The van der Waals surface area contributed by atoms with E-state index >= 15 is 0 Å². The zero-order chi connectivity index (χ0) is 20.3. The predicted octanol–water partition coefficient (Wildman–Crippen LogP) is 2.49. The maximum atomic E-state index is 12.7. The summed E-state index contributed by atoms with van der Waals surface area (Å²) in [5.74, 6) is 1.25. The highest BCUT2D eigenvalue weighted by molar-refractivity contribution is 5.87. The molecule has 0 atom stereocenters. The van der Waals surface area contributed by atoms with Gasteiger partial charge in [-0.1, -0.05) is 6.58 Å². The molecule has 1 amide bonds. The van der Waals surface area contributed by atoms with Crippen molar-refractivity contribution in [3.63, 3.8) is 0 Å². The summed E-state index contributed by atoms with van der Waals surface area (Å²) in [5, 5.41) is 0. The SMILES string of the molecule is C=CC(=O)N1CCN(c2nccnc2N(C)c2ccc(C(F)(F)F)cn2)CC1. The fourth-order valence-corrected chi connectivity index (χ4v) is 2.91. The lowest BCUT2D eigenvalue weighted by Crippen LogP contribution is -2.48. The summed E-state index contributed by atoms with van der Waals surface area (Å²) in [6.45, 7) is 5.64. The number of pyridine rings is 1. The summed E-state index contributed by atoms with van der Waals surface area (Å²) in [4.78, 5) is 29.6. The summed E-state index contributed by atoms with van der Waals surface area (Å²) in [6.07, 6.45) is 0.699. The van der Waals surface area contributed by atoms with Gasteiger partial charge in [-0.25, -0.2) is 15.0 Å². The van der Waals surface area contributed by atoms with Crippen LogP contribution in [-0.4, -0.2) is 59.0 Å². The molecule has 1 saturated heterocycles. The predicted molar refractivity (Wildman–Crippen MR) is 98.3 cm³/mol. The van der Waals surface area contributed by atoms with Crippen LogP contribution in [0.1, 0.15) is 5.56 Å². The Morgan fingerprint density at radius 2 is 1.82 bits per heavy atom. The molecule has 2 aromatic rings. The normalized spacial score (nSPS) is 14.7. The number of anilines is 3. The third-order valence-electron chi connectivity index (χ3n) is 4.46. The Hall–Kier alpha value is -3.17. The standard InChI is InChI=1S/C18H19F3N6O/c1-3-15(28)26-8-10-27(11-9-26)17-16(22-6-7-23-17)25(2)14-5-4-13(12-24-14)18(19,20)21/h3-7,12H,1,8-11H2,2H3. The van der Waals surface area contributed by atoms with Gasteiger partial charge in [0.25, 0.3) is 0 Å². The highest BCUT2D eigenvalue weighted by Crippen LogP contribution is 2.32. The second-order valence-corrected chi connectivity index (χ2v) is 6.18. The average molecular weight is 392 g/mol. The minimum Gasteiger partial charge on any atom is -0.350 e. The van der Waals surface area contributed by atoms with E-state index in [1.165, 1.54) is 18.3 Å². The maximum Gasteiger partial charge on any atom is 0.417 e. The average Bonchev–Trinajstić information content (AvgIpc) is 2.72. The Labute approximate surface area is 160 Å². The van der Waals surface area contributed by atoms with Crippen molar-refractivity contribution in [3.05, 3.63) is 48.9 Å². The highest BCUT2D eigenvalue weighted by Gasteiger charge is 2.31. The van der Waals surface area contributed by atoms with Crippen LogP contribution >= 0.6 is 0 Å². The van der Waals surface area contributed by atoms with Gasteiger partial charge in [0, 0.05) is 51.8 Å². The number of rotatable bonds is 4. The van der Waals surface area contributed by atoms with Gasteiger partial charge in [0.2, 0.25) is 5.91 Å². The number of nitrogens with zero attached hydrogens (tertiary/aromatic N) is 6. The van der Waals surface area contributed by atoms with Crippen LogP contribution in [0.15, 0.2) is 43.4 Å². The van der Waals surface area contributed by atoms with E-state index in [2.05, 4.69) is 21.5 Å². The number of amides is 1. The number of carbonyl (C=O) groups excluding carboxylic acids is 1. The van der Waals surface area contributed by atoms with E-state index in [0.717, 1.165) is 12.3 Å². The minimum absolute atomic E-state index is 0.120. The number of piperazine rings is 1. The Bertz CT molecular complexity index is 847. The largest absolute Gasteiger partial charge is 0.417 e. The van der Waals surface area contributed by atoms with Gasteiger partial charge >= 0.3 is 6.18 Å². The summed E-state index contributed by atoms with van der Waals surface area (Å²) in [7, 11) is 1.67. The van der Waals surface area contributed by atoms with Crippen LogP contribution in [0, 0.1) is 0 Å². The fraction of sp³-hybridized carbons (Fsp3) is 0.333. The molecule has 3 heterocycles. The Morgan fingerprint density at radius 1 is 1.14 bits per heavy atom. The molecule has 2 aromatic heterocycles. The molecule has 1 aliphatic heterocycles. The second kappa shape index (κ2) is 7.83. The van der Waals surface area contributed by atoms with Gasteiger partial charge in [-0.15, -0.1) is 0 Å². The number of carbonyl (C=O) groups is 1. The molecule has 7 nitrogen and oxygen atoms in total. The van der Waals surface area contributed by atoms with Crippen LogP contribution < -0.4 is 9.80 Å². The monoisotopic (exact) mass is 392 g/mol. The number of halogens is 3. The maximum absolute atomic E-state index is 12.7. The highest BCUT2D eigenvalue weighted by atomic mass is 19.4. The van der Waals surface area contributed by atoms with Crippen molar-refractivity contribution >= 4 is 23.4 Å². The third kappa shape index (κ3) is 4.05. The lowest BCUT2D eigenvalue weighted by Gasteiger charge is -2.36. The third-order valence-corrected chi connectivity index (χ3v) is 4.46. The van der Waals surface area contributed by atoms with Crippen molar-refractivity contribution in [3.8, 4) is 0 Å². The summed E-state index contributed by atoms with van der Waals surface area (Å²) >= 11 is 0. The fourth-order valence-electron chi connectivity index (χ4n) is 2.91. The van der Waals surface area contributed by atoms with Crippen molar-refractivity contribution in [2.45, 2.75) is 6.18 Å². The zero-order valence-corrected chi connectivity index (χ0v) is 15.2. The molecule has 148 valence electrons. The topological polar surface area (TPSA) is 65.5 Å².